The largest absolute Gasteiger partial charge is 0.348 e. The highest BCUT2D eigenvalue weighted by Gasteiger charge is 2.16. The molecule has 5 heteroatoms. The summed E-state index contributed by atoms with van der Waals surface area (Å²) in [5.74, 6) is -0.411. The van der Waals surface area contributed by atoms with Gasteiger partial charge in [0.25, 0.3) is 11.5 Å². The van der Waals surface area contributed by atoms with Crippen molar-refractivity contribution in [3.63, 3.8) is 0 Å². The van der Waals surface area contributed by atoms with Crippen LogP contribution in [0.15, 0.2) is 71.7 Å². The molecule has 2 N–H and O–H groups in total. The number of halogens is 1. The molecule has 0 unspecified atom stereocenters. The van der Waals surface area contributed by atoms with Crippen LogP contribution >= 0.6 is 11.6 Å². The Kier molecular flexibility index (Phi) is 4.77. The SMILES string of the molecule is O=C(NCc1ccc(Cl)cc1)c1c(-c2ccccc2)cc[nH]c1=O. The summed E-state index contributed by atoms with van der Waals surface area (Å²) in [6, 6.07) is 18.3. The lowest BCUT2D eigenvalue weighted by molar-refractivity contribution is 0.0950. The fourth-order valence-corrected chi connectivity index (χ4v) is 2.56. The molecule has 0 atom stereocenters. The van der Waals surface area contributed by atoms with Crippen molar-refractivity contribution in [1.29, 1.82) is 0 Å². The minimum absolute atomic E-state index is 0.109. The molecule has 120 valence electrons. The number of carbonyl (C=O) groups excluding carboxylic acids is 1. The van der Waals surface area contributed by atoms with E-state index in [1.165, 1.54) is 0 Å². The van der Waals surface area contributed by atoms with Gasteiger partial charge in [-0.1, -0.05) is 54.1 Å². The summed E-state index contributed by atoms with van der Waals surface area (Å²) in [5, 5.41) is 3.42. The Balaban J connectivity index is 1.87. The molecule has 0 spiro atoms. The number of hydrogen-bond donors (Lipinski definition) is 2. The number of rotatable bonds is 4. The van der Waals surface area contributed by atoms with Gasteiger partial charge in [-0.2, -0.15) is 0 Å². The molecule has 0 saturated heterocycles. The number of carbonyl (C=O) groups is 1. The van der Waals surface area contributed by atoms with Gasteiger partial charge in [0.2, 0.25) is 0 Å². The first-order valence-electron chi connectivity index (χ1n) is 7.45. The Morgan fingerprint density at radius 1 is 1.00 bits per heavy atom. The molecule has 0 aliphatic rings. The van der Waals surface area contributed by atoms with Gasteiger partial charge in [0.1, 0.15) is 5.56 Å². The summed E-state index contributed by atoms with van der Waals surface area (Å²) in [6.45, 7) is 0.318. The summed E-state index contributed by atoms with van der Waals surface area (Å²) in [7, 11) is 0. The maximum atomic E-state index is 12.5. The molecule has 3 aromatic rings. The molecule has 3 rings (SSSR count). The Bertz CT molecular complexity index is 903. The van der Waals surface area contributed by atoms with Gasteiger partial charge in [0.05, 0.1) is 0 Å². The van der Waals surface area contributed by atoms with E-state index >= 15 is 0 Å². The number of nitrogens with one attached hydrogen (secondary N) is 2. The second-order valence-corrected chi connectivity index (χ2v) is 5.71. The van der Waals surface area contributed by atoms with Crippen LogP contribution < -0.4 is 10.9 Å². The van der Waals surface area contributed by atoms with Crippen LogP contribution in [-0.2, 0) is 6.54 Å². The number of aromatic amines is 1. The first kappa shape index (κ1) is 16.0. The minimum Gasteiger partial charge on any atom is -0.348 e. The second kappa shape index (κ2) is 7.15. The van der Waals surface area contributed by atoms with E-state index < -0.39 is 11.5 Å². The normalized spacial score (nSPS) is 10.4. The third-order valence-electron chi connectivity index (χ3n) is 3.64. The molecule has 0 aliphatic carbocycles. The summed E-state index contributed by atoms with van der Waals surface area (Å²) < 4.78 is 0. The van der Waals surface area contributed by atoms with Crippen LogP contribution in [0.1, 0.15) is 15.9 Å². The van der Waals surface area contributed by atoms with Crippen LogP contribution in [0.2, 0.25) is 5.02 Å². The Morgan fingerprint density at radius 2 is 1.71 bits per heavy atom. The zero-order valence-electron chi connectivity index (χ0n) is 12.8. The maximum Gasteiger partial charge on any atom is 0.261 e. The van der Waals surface area contributed by atoms with Crippen LogP contribution in [0.5, 0.6) is 0 Å². The standard InChI is InChI=1S/C19H15ClN2O2/c20-15-8-6-13(7-9-15)12-22-19(24)17-16(10-11-21-18(17)23)14-4-2-1-3-5-14/h1-11H,12H2,(H,21,23)(H,22,24). The molecule has 24 heavy (non-hydrogen) atoms. The first-order chi connectivity index (χ1) is 11.6. The van der Waals surface area contributed by atoms with E-state index in [1.54, 1.807) is 24.4 Å². The fourth-order valence-electron chi connectivity index (χ4n) is 2.44. The summed E-state index contributed by atoms with van der Waals surface area (Å²) in [4.78, 5) is 27.3. The molecule has 0 bridgehead atoms. The van der Waals surface area contributed by atoms with Gasteiger partial charge in [0.15, 0.2) is 0 Å². The van der Waals surface area contributed by atoms with Gasteiger partial charge in [-0.3, -0.25) is 9.59 Å². The van der Waals surface area contributed by atoms with Gasteiger partial charge in [-0.15, -0.1) is 0 Å². The topological polar surface area (TPSA) is 62.0 Å². The third-order valence-corrected chi connectivity index (χ3v) is 3.89. The number of aromatic nitrogens is 1. The van der Waals surface area contributed by atoms with E-state index in [2.05, 4.69) is 10.3 Å². The zero-order valence-corrected chi connectivity index (χ0v) is 13.5. The average molecular weight is 339 g/mol. The van der Waals surface area contributed by atoms with Crippen molar-refractivity contribution >= 4 is 17.5 Å². The van der Waals surface area contributed by atoms with Crippen LogP contribution in [0.25, 0.3) is 11.1 Å². The predicted molar refractivity (Wildman–Crippen MR) is 95.1 cm³/mol. The summed E-state index contributed by atoms with van der Waals surface area (Å²) in [6.07, 6.45) is 1.54. The van der Waals surface area contributed by atoms with E-state index in [0.717, 1.165) is 11.1 Å². The Labute approximate surface area is 144 Å². The highest BCUT2D eigenvalue weighted by atomic mass is 35.5. The van der Waals surface area contributed by atoms with Crippen molar-refractivity contribution in [2.45, 2.75) is 6.54 Å². The monoisotopic (exact) mass is 338 g/mol. The summed E-state index contributed by atoms with van der Waals surface area (Å²) >= 11 is 5.85. The molecular formula is C19H15ClN2O2. The van der Waals surface area contributed by atoms with Crippen LogP contribution in [-0.4, -0.2) is 10.9 Å². The van der Waals surface area contributed by atoms with Crippen LogP contribution in [0, 0.1) is 0 Å². The molecule has 1 aromatic heterocycles. The van der Waals surface area contributed by atoms with Gasteiger partial charge in [-0.05, 0) is 29.3 Å². The average Bonchev–Trinajstić information content (AvgIpc) is 2.61. The molecular weight excluding hydrogens is 324 g/mol. The van der Waals surface area contributed by atoms with E-state index in [1.807, 2.05) is 42.5 Å². The van der Waals surface area contributed by atoms with Crippen molar-refractivity contribution in [3.05, 3.63) is 93.4 Å². The fraction of sp³-hybridized carbons (Fsp3) is 0.0526. The molecule has 4 nitrogen and oxygen atoms in total. The summed E-state index contributed by atoms with van der Waals surface area (Å²) in [5.41, 5.74) is 2.03. The van der Waals surface area contributed by atoms with Gasteiger partial charge < -0.3 is 10.3 Å². The van der Waals surface area contributed by atoms with E-state index in [-0.39, 0.29) is 5.56 Å². The van der Waals surface area contributed by atoms with Crippen molar-refractivity contribution in [2.24, 2.45) is 0 Å². The molecule has 0 radical (unpaired) electrons. The molecule has 0 saturated carbocycles. The molecule has 1 amide bonds. The van der Waals surface area contributed by atoms with E-state index in [4.69, 9.17) is 11.6 Å². The molecule has 2 aromatic carbocycles. The Morgan fingerprint density at radius 3 is 2.42 bits per heavy atom. The van der Waals surface area contributed by atoms with E-state index in [9.17, 15) is 9.59 Å². The number of H-pyrrole nitrogens is 1. The first-order valence-corrected chi connectivity index (χ1v) is 7.83. The quantitative estimate of drug-likeness (QED) is 0.763. The lowest BCUT2D eigenvalue weighted by Crippen LogP contribution is -2.30. The van der Waals surface area contributed by atoms with Gasteiger partial charge in [0, 0.05) is 23.3 Å². The predicted octanol–water partition coefficient (Wildman–Crippen LogP) is 3.63. The number of benzene rings is 2. The van der Waals surface area contributed by atoms with Crippen molar-refractivity contribution in [1.82, 2.24) is 10.3 Å². The van der Waals surface area contributed by atoms with Crippen molar-refractivity contribution < 1.29 is 4.79 Å². The number of hydrogen-bond acceptors (Lipinski definition) is 2. The van der Waals surface area contributed by atoms with Crippen molar-refractivity contribution in [3.8, 4) is 11.1 Å². The molecule has 1 heterocycles. The van der Waals surface area contributed by atoms with Crippen LogP contribution in [0.3, 0.4) is 0 Å². The molecule has 0 aliphatic heterocycles. The smallest absolute Gasteiger partial charge is 0.261 e. The van der Waals surface area contributed by atoms with E-state index in [0.29, 0.717) is 17.1 Å². The van der Waals surface area contributed by atoms with Crippen molar-refractivity contribution in [2.75, 3.05) is 0 Å². The Hall–Kier alpha value is -2.85. The van der Waals surface area contributed by atoms with Gasteiger partial charge in [-0.25, -0.2) is 0 Å². The van der Waals surface area contributed by atoms with Crippen LogP contribution in [0.4, 0.5) is 0 Å². The lowest BCUT2D eigenvalue weighted by atomic mass is 10.0. The van der Waals surface area contributed by atoms with Gasteiger partial charge >= 0.3 is 0 Å². The number of amides is 1. The molecule has 0 fully saturated rings. The highest BCUT2D eigenvalue weighted by Crippen LogP contribution is 2.20. The highest BCUT2D eigenvalue weighted by molar-refractivity contribution is 6.30. The number of pyridine rings is 1. The maximum absolute atomic E-state index is 12.5. The third kappa shape index (κ3) is 3.55. The minimum atomic E-state index is -0.412. The zero-order chi connectivity index (χ0) is 16.9. The lowest BCUT2D eigenvalue weighted by Gasteiger charge is -2.10. The second-order valence-electron chi connectivity index (χ2n) is 5.27.